The maximum absolute atomic E-state index is 12.4. The summed E-state index contributed by atoms with van der Waals surface area (Å²) in [6.45, 7) is 7.60. The van der Waals surface area contributed by atoms with Crippen molar-refractivity contribution in [2.45, 2.75) is 53.4 Å². The molecule has 1 aromatic carbocycles. The maximum atomic E-state index is 12.4. The minimum Gasteiger partial charge on any atom is -0.274 e. The van der Waals surface area contributed by atoms with Gasteiger partial charge in [0.05, 0.1) is 11.4 Å². The molecule has 0 bridgehead atoms. The number of nitrogens with zero attached hydrogens (tertiary/aromatic N) is 2. The van der Waals surface area contributed by atoms with Crippen LogP contribution < -0.4 is 9.80 Å². The summed E-state index contributed by atoms with van der Waals surface area (Å²) in [7, 11) is 0. The summed E-state index contributed by atoms with van der Waals surface area (Å²) in [5.41, 5.74) is 0.279. The number of rotatable bonds is 2. The van der Waals surface area contributed by atoms with E-state index < -0.39 is 0 Å². The fourth-order valence-electron chi connectivity index (χ4n) is 3.68. The summed E-state index contributed by atoms with van der Waals surface area (Å²) < 4.78 is 0. The van der Waals surface area contributed by atoms with Gasteiger partial charge in [-0.25, -0.2) is 0 Å². The van der Waals surface area contributed by atoms with E-state index in [0.717, 1.165) is 0 Å². The summed E-state index contributed by atoms with van der Waals surface area (Å²) in [5, 5.41) is 0. The maximum Gasteiger partial charge on any atom is 0.234 e. The summed E-state index contributed by atoms with van der Waals surface area (Å²) in [6.07, 6.45) is 1.22. The smallest absolute Gasteiger partial charge is 0.234 e. The monoisotopic (exact) mass is 356 g/mol. The van der Waals surface area contributed by atoms with Gasteiger partial charge in [0, 0.05) is 25.7 Å². The lowest BCUT2D eigenvalue weighted by molar-refractivity contribution is -0.134. The predicted molar refractivity (Wildman–Crippen MR) is 97.5 cm³/mol. The van der Waals surface area contributed by atoms with Crippen LogP contribution in [0.4, 0.5) is 11.4 Å². The number of benzene rings is 1. The third kappa shape index (κ3) is 3.41. The van der Waals surface area contributed by atoms with E-state index in [2.05, 4.69) is 0 Å². The Labute approximate surface area is 153 Å². The van der Waals surface area contributed by atoms with E-state index >= 15 is 0 Å². The molecule has 0 radical (unpaired) electrons. The zero-order valence-corrected chi connectivity index (χ0v) is 15.7. The molecule has 3 rings (SSSR count). The van der Waals surface area contributed by atoms with Crippen molar-refractivity contribution in [3.8, 4) is 0 Å². The molecule has 0 N–H and O–H groups in total. The van der Waals surface area contributed by atoms with E-state index in [1.165, 1.54) is 9.80 Å². The molecule has 6 nitrogen and oxygen atoms in total. The van der Waals surface area contributed by atoms with Crippen LogP contribution in [0.2, 0.25) is 0 Å². The Morgan fingerprint density at radius 3 is 1.04 bits per heavy atom. The second-order valence-electron chi connectivity index (χ2n) is 8.80. The molecular weight excluding hydrogens is 332 g/mol. The van der Waals surface area contributed by atoms with Gasteiger partial charge in [-0.3, -0.25) is 29.0 Å². The van der Waals surface area contributed by atoms with Crippen molar-refractivity contribution < 1.29 is 19.2 Å². The molecule has 0 unspecified atom stereocenters. The average Bonchev–Trinajstić information content (AvgIpc) is 2.44. The number of amides is 4. The van der Waals surface area contributed by atoms with Crippen molar-refractivity contribution in [2.75, 3.05) is 9.80 Å². The van der Waals surface area contributed by atoms with Crippen LogP contribution in [0.1, 0.15) is 53.4 Å². The number of anilines is 2. The number of imide groups is 2. The second kappa shape index (κ2) is 6.04. The SMILES string of the molecule is CC1(C)CC(=O)N(c2ccc(N3C(=O)CC(C)(C)CC3=O)cc2)C(=O)C1. The molecule has 26 heavy (non-hydrogen) atoms. The number of hydrogen-bond donors (Lipinski definition) is 0. The highest BCUT2D eigenvalue weighted by Crippen LogP contribution is 2.36. The molecule has 2 aliphatic heterocycles. The molecule has 2 heterocycles. The average molecular weight is 356 g/mol. The first-order valence-corrected chi connectivity index (χ1v) is 8.81. The van der Waals surface area contributed by atoms with Crippen molar-refractivity contribution in [3.05, 3.63) is 24.3 Å². The first kappa shape index (κ1) is 18.3. The fraction of sp³-hybridized carbons (Fsp3) is 0.500. The lowest BCUT2D eigenvalue weighted by atomic mass is 9.81. The van der Waals surface area contributed by atoms with E-state index in [1.54, 1.807) is 24.3 Å². The van der Waals surface area contributed by atoms with Crippen LogP contribution in [0.3, 0.4) is 0 Å². The third-order valence-corrected chi connectivity index (χ3v) is 4.88. The van der Waals surface area contributed by atoms with Crippen molar-refractivity contribution in [1.29, 1.82) is 0 Å². The van der Waals surface area contributed by atoms with Crippen LogP contribution in [0, 0.1) is 10.8 Å². The van der Waals surface area contributed by atoms with Gasteiger partial charge in [-0.05, 0) is 35.1 Å². The zero-order chi connectivity index (χ0) is 19.3. The molecule has 0 spiro atoms. The van der Waals surface area contributed by atoms with Crippen molar-refractivity contribution >= 4 is 35.0 Å². The van der Waals surface area contributed by atoms with Gasteiger partial charge in [0.1, 0.15) is 0 Å². The van der Waals surface area contributed by atoms with Crippen LogP contribution in [0.25, 0.3) is 0 Å². The van der Waals surface area contributed by atoms with E-state index in [9.17, 15) is 19.2 Å². The Kier molecular flexibility index (Phi) is 4.25. The number of carbonyl (C=O) groups is 4. The molecule has 138 valence electrons. The zero-order valence-electron chi connectivity index (χ0n) is 15.7. The van der Waals surface area contributed by atoms with Crippen LogP contribution in [-0.4, -0.2) is 23.6 Å². The van der Waals surface area contributed by atoms with Crippen molar-refractivity contribution in [2.24, 2.45) is 10.8 Å². The first-order valence-electron chi connectivity index (χ1n) is 8.81. The fourth-order valence-corrected chi connectivity index (χ4v) is 3.68. The minimum atomic E-state index is -0.329. The van der Waals surface area contributed by atoms with Crippen LogP contribution in [0.5, 0.6) is 0 Å². The Balaban J connectivity index is 1.83. The summed E-state index contributed by atoms with van der Waals surface area (Å²) in [4.78, 5) is 51.9. The van der Waals surface area contributed by atoms with Gasteiger partial charge in [0.25, 0.3) is 0 Å². The highest BCUT2D eigenvalue weighted by molar-refractivity contribution is 6.18. The normalized spacial score (nSPS) is 22.8. The molecule has 4 amide bonds. The van der Waals surface area contributed by atoms with Crippen LogP contribution in [-0.2, 0) is 19.2 Å². The first-order chi connectivity index (χ1) is 12.0. The van der Waals surface area contributed by atoms with Gasteiger partial charge in [-0.2, -0.15) is 0 Å². The third-order valence-electron chi connectivity index (χ3n) is 4.88. The molecule has 2 fully saturated rings. The standard InChI is InChI=1S/C20H24N2O4/c1-19(2)9-15(23)21(16(24)10-19)13-5-7-14(8-6-13)22-17(25)11-20(3,4)12-18(22)26/h5-8H,9-12H2,1-4H3. The van der Waals surface area contributed by atoms with Gasteiger partial charge in [-0.15, -0.1) is 0 Å². The van der Waals surface area contributed by atoms with Crippen LogP contribution in [0.15, 0.2) is 24.3 Å². The topological polar surface area (TPSA) is 74.8 Å². The highest BCUT2D eigenvalue weighted by Gasteiger charge is 2.39. The molecular formula is C20H24N2O4. The van der Waals surface area contributed by atoms with Crippen molar-refractivity contribution in [1.82, 2.24) is 0 Å². The largest absolute Gasteiger partial charge is 0.274 e. The quantitative estimate of drug-likeness (QED) is 0.763. The van der Waals surface area contributed by atoms with Crippen LogP contribution >= 0.6 is 0 Å². The lowest BCUT2D eigenvalue weighted by Gasteiger charge is -2.36. The van der Waals surface area contributed by atoms with Gasteiger partial charge < -0.3 is 0 Å². The molecule has 0 saturated carbocycles. The summed E-state index contributed by atoms with van der Waals surface area (Å²) >= 11 is 0. The van der Waals surface area contributed by atoms with Gasteiger partial charge in [0.15, 0.2) is 0 Å². The Bertz CT molecular complexity index is 686. The van der Waals surface area contributed by atoms with E-state index in [0.29, 0.717) is 37.1 Å². The summed E-state index contributed by atoms with van der Waals surface area (Å²) in [6, 6.07) is 6.46. The molecule has 0 atom stereocenters. The van der Waals surface area contributed by atoms with Gasteiger partial charge >= 0.3 is 0 Å². The van der Waals surface area contributed by atoms with E-state index in [1.807, 2.05) is 27.7 Å². The molecule has 2 saturated heterocycles. The molecule has 6 heteroatoms. The Morgan fingerprint density at radius 1 is 0.577 bits per heavy atom. The van der Waals surface area contributed by atoms with E-state index in [-0.39, 0.29) is 34.5 Å². The van der Waals surface area contributed by atoms with Gasteiger partial charge in [0.2, 0.25) is 23.6 Å². The highest BCUT2D eigenvalue weighted by atomic mass is 16.2. The molecule has 0 aliphatic carbocycles. The van der Waals surface area contributed by atoms with Crippen molar-refractivity contribution in [3.63, 3.8) is 0 Å². The molecule has 0 aromatic heterocycles. The second-order valence-corrected chi connectivity index (χ2v) is 8.80. The Hall–Kier alpha value is -2.50. The Morgan fingerprint density at radius 2 is 0.808 bits per heavy atom. The number of piperidine rings is 2. The molecule has 1 aromatic rings. The van der Waals surface area contributed by atoms with E-state index in [4.69, 9.17) is 0 Å². The molecule has 2 aliphatic rings. The number of carbonyl (C=O) groups excluding carboxylic acids is 4. The van der Waals surface area contributed by atoms with Gasteiger partial charge in [-0.1, -0.05) is 27.7 Å². The summed E-state index contributed by atoms with van der Waals surface area (Å²) in [5.74, 6) is -0.923. The predicted octanol–water partition coefficient (Wildman–Crippen LogP) is 3.05. The lowest BCUT2D eigenvalue weighted by Crippen LogP contribution is -2.47. The number of hydrogen-bond acceptors (Lipinski definition) is 4. The minimum absolute atomic E-state index is 0.231.